The second-order valence-corrected chi connectivity index (χ2v) is 32.8. The number of nitrogens with zero attached hydrogens (tertiary/aromatic N) is 13. The smallest absolute Gasteiger partial charge is 0.226 e. The van der Waals surface area contributed by atoms with Crippen LogP contribution < -0.4 is 0 Å². The Morgan fingerprint density at radius 1 is 0.194 bits per heavy atom. The van der Waals surface area contributed by atoms with Crippen molar-refractivity contribution in [2.45, 2.75) is 0 Å². The summed E-state index contributed by atoms with van der Waals surface area (Å²) in [6, 6.07) is 128. The van der Waals surface area contributed by atoms with Crippen LogP contribution in [0, 0.1) is 0 Å². The zero-order valence-electron chi connectivity index (χ0n) is 67.8. The highest BCUT2D eigenvalue weighted by molar-refractivity contribution is 7.25. The predicted molar refractivity (Wildman–Crippen MR) is 523 cm³/mol. The summed E-state index contributed by atoms with van der Waals surface area (Å²) in [5.74, 6) is 4.30. The van der Waals surface area contributed by atoms with Crippen molar-refractivity contribution in [3.63, 3.8) is 0 Å². The number of thiophene rings is 1. The minimum atomic E-state index is 0.129. The maximum absolute atomic E-state index is 6.37. The van der Waals surface area contributed by atoms with Crippen LogP contribution >= 0.6 is 57.7 Å². The number of hydrogen-bond donors (Lipinski definition) is 0. The Bertz CT molecular complexity index is 8610. The quantitative estimate of drug-likeness (QED) is 0.118. The van der Waals surface area contributed by atoms with Gasteiger partial charge in [-0.25, -0.2) is 19.9 Å². The summed E-state index contributed by atoms with van der Waals surface area (Å²) in [5, 5.41) is 11.9. The minimum Gasteiger partial charge on any atom is -0.456 e. The van der Waals surface area contributed by atoms with E-state index in [0.717, 1.165) is 149 Å². The lowest BCUT2D eigenvalue weighted by Gasteiger charge is -2.10. The fourth-order valence-corrected chi connectivity index (χ4v) is 18.4. The minimum absolute atomic E-state index is 0.129. The maximum Gasteiger partial charge on any atom is 0.226 e. The number of benzene rings is 16. The summed E-state index contributed by atoms with van der Waals surface area (Å²) >= 11 is 27.1. The van der Waals surface area contributed by atoms with E-state index in [9.17, 15) is 0 Å². The first kappa shape index (κ1) is 79.1. The molecule has 16 nitrogen and oxygen atoms in total. The SMILES string of the molecule is Clc1nc(-c2ccc3c(c2)oc2ccccc23)nc(-c2cccc3oc4ccccc4c23)n1.Clc1nc(-c2ccccc2)nc(-c2ccc3c4ccccc4n(-c4ccccc4)c3c2)n1.Clc1nc(-c2ccccc2)nc(-c2cccc(-c3cccc4oc5ccccc5c34)c2)n1.Clc1nc(-c2ccccc2)nc(-c2ccccc2-c2ccc3sc4ccccc4c3c2)n1. The molecule has 21 heteroatoms. The summed E-state index contributed by atoms with van der Waals surface area (Å²) in [4.78, 5) is 54.1. The number of halogens is 4. The lowest BCUT2D eigenvalue weighted by molar-refractivity contribution is 0.668. The molecule has 0 saturated carbocycles. The fourth-order valence-electron chi connectivity index (χ4n) is 16.6. The molecule has 9 heterocycles. The van der Waals surface area contributed by atoms with Crippen LogP contribution in [-0.4, -0.2) is 64.4 Å². The van der Waals surface area contributed by atoms with Gasteiger partial charge in [-0.1, -0.05) is 291 Å². The summed E-state index contributed by atoms with van der Waals surface area (Å²) in [6.45, 7) is 0. The van der Waals surface area contributed by atoms with Gasteiger partial charge in [-0.3, -0.25) is 0 Å². The number of aromatic nitrogens is 13. The van der Waals surface area contributed by atoms with Crippen molar-refractivity contribution in [1.82, 2.24) is 64.4 Å². The highest BCUT2D eigenvalue weighted by Crippen LogP contribution is 2.44. The molecule has 129 heavy (non-hydrogen) atoms. The second kappa shape index (κ2) is 34.2. The molecule has 16 aromatic carbocycles. The highest BCUT2D eigenvalue weighted by atomic mass is 35.5. The number of fused-ring (bicyclic) bond motifs is 15. The van der Waals surface area contributed by atoms with Crippen LogP contribution in [0.1, 0.15) is 0 Å². The van der Waals surface area contributed by atoms with Gasteiger partial charge in [-0.05, 0) is 160 Å². The molecule has 9 aromatic heterocycles. The van der Waals surface area contributed by atoms with E-state index in [-0.39, 0.29) is 21.1 Å². The number of furan rings is 3. The average molecular weight is 1760 g/mol. The van der Waals surface area contributed by atoms with Gasteiger partial charge in [-0.2, -0.15) is 39.9 Å². The number of hydrogen-bond acceptors (Lipinski definition) is 16. The van der Waals surface area contributed by atoms with Crippen LogP contribution in [0.25, 0.3) is 227 Å². The molecule has 25 aromatic rings. The van der Waals surface area contributed by atoms with E-state index in [4.69, 9.17) is 74.6 Å². The van der Waals surface area contributed by atoms with Crippen LogP contribution in [0.5, 0.6) is 0 Å². The third kappa shape index (κ3) is 15.6. The molecule has 0 N–H and O–H groups in total. The molecule has 0 spiro atoms. The van der Waals surface area contributed by atoms with Gasteiger partial charge in [0.05, 0.1) is 11.0 Å². The van der Waals surface area contributed by atoms with E-state index >= 15 is 0 Å². The van der Waals surface area contributed by atoms with E-state index in [0.29, 0.717) is 46.6 Å². The van der Waals surface area contributed by atoms with Crippen LogP contribution in [0.3, 0.4) is 0 Å². The Hall–Kier alpha value is -15.9. The topological polar surface area (TPSA) is 199 Å². The Morgan fingerprint density at radius 3 is 1.13 bits per heavy atom. The lowest BCUT2D eigenvalue weighted by Crippen LogP contribution is -1.98. The molecule has 0 radical (unpaired) electrons. The standard InChI is InChI=1S/C27H17ClN4.C27H14ClN3O2.C27H16ClN3O.C27H16ClN3S/c28-27-30-25(18-9-3-1-4-10-18)29-26(31-27)19-15-16-22-21-13-7-8-14-23(21)32(24(22)17-19)20-11-5-2-6-12-20;28-27-30-25(15-12-13-17-16-6-1-3-9-20(16)33-23(17)14-15)29-26(31-27)19-8-5-11-22-24(19)18-7-2-4-10-21(18)32-22;28-27-30-25(17-8-2-1-3-9-17)29-26(31-27)19-11-6-10-18(16-19)20-13-7-15-23-24(20)21-12-4-5-14-22(21)32-23;28-27-30-25(17-8-2-1-3-9-17)29-26(31-27)21-12-5-4-10-19(21)18-14-15-24-22(16-18)20-11-6-7-13-23(20)32-24/h1-17H;1-14H;2*1-16H. The van der Waals surface area contributed by atoms with E-state index in [1.165, 1.54) is 30.9 Å². The zero-order chi connectivity index (χ0) is 86.4. The molecular formula is C108H63Cl4N13O3S. The van der Waals surface area contributed by atoms with Gasteiger partial charge in [0.1, 0.15) is 33.5 Å². The van der Waals surface area contributed by atoms with Crippen LogP contribution in [-0.2, 0) is 0 Å². The molecule has 0 bridgehead atoms. The van der Waals surface area contributed by atoms with Crippen molar-refractivity contribution >= 4 is 166 Å². The van der Waals surface area contributed by atoms with Gasteiger partial charge < -0.3 is 17.8 Å². The molecule has 0 amide bonds. The van der Waals surface area contributed by atoms with Gasteiger partial charge in [-0.15, -0.1) is 11.3 Å². The summed E-state index contributed by atoms with van der Waals surface area (Å²) in [6.07, 6.45) is 0. The van der Waals surface area contributed by atoms with E-state index in [1.54, 1.807) is 0 Å². The Kier molecular flexibility index (Phi) is 21.0. The Balaban J connectivity index is 0.000000101. The van der Waals surface area contributed by atoms with Crippen molar-refractivity contribution in [3.05, 3.63) is 403 Å². The number of rotatable bonds is 11. The zero-order valence-corrected chi connectivity index (χ0v) is 71.7. The average Bonchev–Trinajstić information content (AvgIpc) is 1.64. The third-order valence-corrected chi connectivity index (χ3v) is 24.3. The first-order valence-corrected chi connectivity index (χ1v) is 43.6. The lowest BCUT2D eigenvalue weighted by atomic mass is 9.97. The van der Waals surface area contributed by atoms with Crippen molar-refractivity contribution in [3.8, 4) is 119 Å². The summed E-state index contributed by atoms with van der Waals surface area (Å²) < 4.78 is 23.0. The van der Waals surface area contributed by atoms with Gasteiger partial charge in [0.25, 0.3) is 0 Å². The van der Waals surface area contributed by atoms with Crippen LogP contribution in [0.2, 0.25) is 21.1 Å². The third-order valence-electron chi connectivity index (χ3n) is 22.4. The number of para-hydroxylation sites is 5. The van der Waals surface area contributed by atoms with Crippen molar-refractivity contribution in [1.29, 1.82) is 0 Å². The van der Waals surface area contributed by atoms with Crippen LogP contribution in [0.4, 0.5) is 0 Å². The van der Waals surface area contributed by atoms with E-state index < -0.39 is 0 Å². The molecule has 0 unspecified atom stereocenters. The molecule has 0 aliphatic rings. The monoisotopic (exact) mass is 1760 g/mol. The van der Waals surface area contributed by atoms with Gasteiger partial charge in [0.15, 0.2) is 46.6 Å². The predicted octanol–water partition coefficient (Wildman–Crippen LogP) is 29.9. The van der Waals surface area contributed by atoms with Gasteiger partial charge in [0.2, 0.25) is 21.1 Å². The Labute approximate surface area is 759 Å². The first-order valence-electron chi connectivity index (χ1n) is 41.3. The normalized spacial score (nSPS) is 11.4. The van der Waals surface area contributed by atoms with Gasteiger partial charge >= 0.3 is 0 Å². The molecule has 25 rings (SSSR count). The molecule has 0 aliphatic heterocycles. The second-order valence-electron chi connectivity index (χ2n) is 30.3. The molecule has 0 atom stereocenters. The molecule has 0 aliphatic carbocycles. The summed E-state index contributed by atoms with van der Waals surface area (Å²) in [5.41, 5.74) is 19.7. The van der Waals surface area contributed by atoms with Crippen molar-refractivity contribution in [2.75, 3.05) is 0 Å². The molecular weight excluding hydrogens is 1700 g/mol. The fraction of sp³-hybridized carbons (Fsp3) is 0. The molecule has 612 valence electrons. The largest absolute Gasteiger partial charge is 0.456 e. The highest BCUT2D eigenvalue weighted by Gasteiger charge is 2.23. The Morgan fingerprint density at radius 2 is 0.543 bits per heavy atom. The van der Waals surface area contributed by atoms with Crippen molar-refractivity contribution in [2.24, 2.45) is 0 Å². The van der Waals surface area contributed by atoms with Crippen molar-refractivity contribution < 1.29 is 13.3 Å². The molecule has 0 fully saturated rings. The summed E-state index contributed by atoms with van der Waals surface area (Å²) in [7, 11) is 0. The van der Waals surface area contributed by atoms with Gasteiger partial charge in [0, 0.05) is 113 Å². The van der Waals surface area contributed by atoms with E-state index in [1.807, 2.05) is 254 Å². The maximum atomic E-state index is 6.37. The van der Waals surface area contributed by atoms with Crippen LogP contribution in [0.15, 0.2) is 395 Å². The molecule has 0 saturated heterocycles. The first-order chi connectivity index (χ1) is 63.5. The van der Waals surface area contributed by atoms with E-state index in [2.05, 4.69) is 189 Å².